The third-order valence-corrected chi connectivity index (χ3v) is 3.42. The van der Waals surface area contributed by atoms with Crippen LogP contribution in [0.3, 0.4) is 0 Å². The highest BCUT2D eigenvalue weighted by atomic mass is 35.5. The van der Waals surface area contributed by atoms with Crippen LogP contribution >= 0.6 is 23.1 Å². The quantitative estimate of drug-likeness (QED) is 0.848. The average Bonchev–Trinajstić information content (AvgIpc) is 2.74. The molecule has 0 aliphatic carbocycles. The molecule has 5 nitrogen and oxygen atoms in total. The third-order valence-electron chi connectivity index (χ3n) is 2.62. The summed E-state index contributed by atoms with van der Waals surface area (Å²) in [6.07, 6.45) is 3.38. The van der Waals surface area contributed by atoms with Gasteiger partial charge in [-0.1, -0.05) is 0 Å². The average molecular weight is 284 g/mol. The van der Waals surface area contributed by atoms with E-state index in [1.165, 1.54) is 0 Å². The van der Waals surface area contributed by atoms with Crippen LogP contribution in [0.1, 0.15) is 20.8 Å². The Morgan fingerprint density at radius 1 is 1.22 bits per heavy atom. The Bertz CT molecular complexity index is 531. The summed E-state index contributed by atoms with van der Waals surface area (Å²) < 4.78 is 4.50. The number of nitrogens with zero attached hydrogens (tertiary/aromatic N) is 5. The number of anilines is 1. The highest BCUT2D eigenvalue weighted by Crippen LogP contribution is 2.22. The summed E-state index contributed by atoms with van der Waals surface area (Å²) in [4.78, 5) is 14.8. The number of hydrogen-bond acceptors (Lipinski definition) is 6. The van der Waals surface area contributed by atoms with E-state index in [-0.39, 0.29) is 5.54 Å². The largest absolute Gasteiger partial charge is 0.354 e. The topological polar surface area (TPSA) is 54.8 Å². The highest BCUT2D eigenvalue weighted by Gasteiger charge is 2.19. The molecule has 0 amide bonds. The second kappa shape index (κ2) is 4.78. The Labute approximate surface area is 115 Å². The lowest BCUT2D eigenvalue weighted by Crippen LogP contribution is -2.38. The molecule has 0 N–H and O–H groups in total. The number of hydrogen-bond donors (Lipinski definition) is 0. The van der Waals surface area contributed by atoms with Crippen molar-refractivity contribution in [1.82, 2.24) is 19.3 Å². The summed E-state index contributed by atoms with van der Waals surface area (Å²) in [6, 6.07) is 0. The maximum atomic E-state index is 5.74. The van der Waals surface area contributed by atoms with Crippen LogP contribution in [0.4, 0.5) is 5.82 Å². The van der Waals surface area contributed by atoms with Crippen LogP contribution < -0.4 is 4.90 Å². The predicted octanol–water partition coefficient (Wildman–Crippen LogP) is 2.88. The lowest BCUT2D eigenvalue weighted by atomic mass is 10.1. The van der Waals surface area contributed by atoms with Crippen LogP contribution in [-0.4, -0.2) is 31.9 Å². The van der Waals surface area contributed by atoms with Crippen molar-refractivity contribution in [3.8, 4) is 11.5 Å². The smallest absolute Gasteiger partial charge is 0.203 e. The van der Waals surface area contributed by atoms with Crippen molar-refractivity contribution in [2.75, 3.05) is 11.9 Å². The molecule has 0 fully saturated rings. The summed E-state index contributed by atoms with van der Waals surface area (Å²) in [5.41, 5.74) is 0.627. The van der Waals surface area contributed by atoms with Crippen molar-refractivity contribution in [1.29, 1.82) is 0 Å². The fourth-order valence-electron chi connectivity index (χ4n) is 1.26. The van der Waals surface area contributed by atoms with Gasteiger partial charge in [0.25, 0.3) is 0 Å². The first kappa shape index (κ1) is 13.2. The van der Waals surface area contributed by atoms with E-state index in [9.17, 15) is 0 Å². The van der Waals surface area contributed by atoms with Crippen LogP contribution in [0.15, 0.2) is 12.4 Å². The Morgan fingerprint density at radius 3 is 2.39 bits per heavy atom. The molecular formula is C11H14ClN5S. The molecular weight excluding hydrogens is 270 g/mol. The molecule has 2 aromatic heterocycles. The third kappa shape index (κ3) is 2.76. The molecule has 0 radical (unpaired) electrons. The molecule has 0 unspecified atom stereocenters. The van der Waals surface area contributed by atoms with Gasteiger partial charge in [-0.15, -0.1) is 0 Å². The number of aromatic nitrogens is 4. The molecule has 96 valence electrons. The van der Waals surface area contributed by atoms with Gasteiger partial charge < -0.3 is 4.90 Å². The van der Waals surface area contributed by atoms with Crippen LogP contribution in [0.5, 0.6) is 0 Å². The summed E-state index contributed by atoms with van der Waals surface area (Å²) >= 11 is 6.88. The van der Waals surface area contributed by atoms with Gasteiger partial charge >= 0.3 is 0 Å². The van der Waals surface area contributed by atoms with Crippen molar-refractivity contribution in [3.05, 3.63) is 16.9 Å². The minimum Gasteiger partial charge on any atom is -0.354 e. The maximum absolute atomic E-state index is 5.74. The first-order chi connectivity index (χ1) is 8.38. The zero-order chi connectivity index (χ0) is 13.3. The van der Waals surface area contributed by atoms with Crippen molar-refractivity contribution in [3.63, 3.8) is 0 Å². The van der Waals surface area contributed by atoms with Gasteiger partial charge in [0, 0.05) is 12.6 Å². The van der Waals surface area contributed by atoms with Gasteiger partial charge in [-0.25, -0.2) is 15.0 Å². The summed E-state index contributed by atoms with van der Waals surface area (Å²) in [7, 11) is 1.99. The standard InChI is InChI=1S/C11H14ClN5S/c1-11(2,3)17(4)8-6-13-7(5-14-8)9-15-10(12)18-16-9/h5-6H,1-4H3. The molecule has 0 aliphatic heterocycles. The van der Waals surface area contributed by atoms with E-state index in [4.69, 9.17) is 11.6 Å². The fraction of sp³-hybridized carbons (Fsp3) is 0.455. The van der Waals surface area contributed by atoms with E-state index in [2.05, 4.69) is 45.0 Å². The minimum absolute atomic E-state index is 0.00160. The van der Waals surface area contributed by atoms with Crippen molar-refractivity contribution >= 4 is 29.0 Å². The van der Waals surface area contributed by atoms with Crippen molar-refractivity contribution in [2.45, 2.75) is 26.3 Å². The Balaban J connectivity index is 2.25. The Kier molecular flexibility index (Phi) is 3.49. The summed E-state index contributed by atoms with van der Waals surface area (Å²) in [6.45, 7) is 6.35. The van der Waals surface area contributed by atoms with E-state index in [1.54, 1.807) is 12.4 Å². The van der Waals surface area contributed by atoms with Gasteiger partial charge in [-0.3, -0.25) is 0 Å². The van der Waals surface area contributed by atoms with E-state index in [0.29, 0.717) is 16.0 Å². The molecule has 7 heteroatoms. The fourth-order valence-corrected chi connectivity index (χ4v) is 1.87. The summed E-state index contributed by atoms with van der Waals surface area (Å²) in [5.74, 6) is 1.33. The molecule has 0 bridgehead atoms. The molecule has 0 spiro atoms. The second-order valence-electron chi connectivity index (χ2n) is 4.86. The van der Waals surface area contributed by atoms with Gasteiger partial charge in [-0.05, 0) is 43.9 Å². The van der Waals surface area contributed by atoms with Gasteiger partial charge in [0.15, 0.2) is 5.82 Å². The van der Waals surface area contributed by atoms with Crippen molar-refractivity contribution < 1.29 is 0 Å². The first-order valence-electron chi connectivity index (χ1n) is 5.43. The SMILES string of the molecule is CN(c1cnc(-c2nsc(Cl)n2)cn1)C(C)(C)C. The van der Waals surface area contributed by atoms with Gasteiger partial charge in [-0.2, -0.15) is 4.37 Å². The van der Waals surface area contributed by atoms with Crippen molar-refractivity contribution in [2.24, 2.45) is 0 Å². The van der Waals surface area contributed by atoms with E-state index >= 15 is 0 Å². The molecule has 0 saturated carbocycles. The normalized spacial score (nSPS) is 11.6. The van der Waals surface area contributed by atoms with Crippen LogP contribution in [0.2, 0.25) is 4.47 Å². The van der Waals surface area contributed by atoms with Gasteiger partial charge in [0.1, 0.15) is 11.5 Å². The second-order valence-corrected chi connectivity index (χ2v) is 6.19. The monoisotopic (exact) mass is 283 g/mol. The molecule has 0 saturated heterocycles. The maximum Gasteiger partial charge on any atom is 0.203 e. The molecule has 0 atom stereocenters. The highest BCUT2D eigenvalue weighted by molar-refractivity contribution is 7.10. The molecule has 2 rings (SSSR count). The van der Waals surface area contributed by atoms with E-state index < -0.39 is 0 Å². The molecule has 0 aromatic carbocycles. The lowest BCUT2D eigenvalue weighted by molar-refractivity contribution is 0.533. The Hall–Kier alpha value is -1.27. The van der Waals surface area contributed by atoms with E-state index in [0.717, 1.165) is 17.4 Å². The predicted molar refractivity (Wildman–Crippen MR) is 74.1 cm³/mol. The van der Waals surface area contributed by atoms with E-state index in [1.807, 2.05) is 7.05 Å². The van der Waals surface area contributed by atoms with Crippen LogP contribution in [-0.2, 0) is 0 Å². The number of rotatable bonds is 2. The zero-order valence-corrected chi connectivity index (χ0v) is 12.2. The molecule has 18 heavy (non-hydrogen) atoms. The first-order valence-corrected chi connectivity index (χ1v) is 6.58. The lowest BCUT2D eigenvalue weighted by Gasteiger charge is -2.32. The zero-order valence-electron chi connectivity index (χ0n) is 10.7. The summed E-state index contributed by atoms with van der Waals surface area (Å²) in [5, 5.41) is 0. The molecule has 0 aliphatic rings. The van der Waals surface area contributed by atoms with Crippen LogP contribution in [0, 0.1) is 0 Å². The van der Waals surface area contributed by atoms with Gasteiger partial charge in [0.2, 0.25) is 4.47 Å². The number of halogens is 1. The minimum atomic E-state index is -0.00160. The molecule has 2 heterocycles. The van der Waals surface area contributed by atoms with Gasteiger partial charge in [0.05, 0.1) is 12.4 Å². The molecule has 2 aromatic rings. The van der Waals surface area contributed by atoms with Crippen LogP contribution in [0.25, 0.3) is 11.5 Å². The Morgan fingerprint density at radius 2 is 1.94 bits per heavy atom.